The van der Waals surface area contributed by atoms with Crippen LogP contribution in [0.15, 0.2) is 67.3 Å². The Bertz CT molecular complexity index is 2960. The van der Waals surface area contributed by atoms with Gasteiger partial charge in [0.25, 0.3) is 0 Å². The molecule has 4 aliphatic rings. The van der Waals surface area contributed by atoms with Gasteiger partial charge in [0, 0.05) is 47.6 Å². The van der Waals surface area contributed by atoms with E-state index in [9.17, 15) is 19.2 Å². The molecule has 4 N–H and O–H groups in total. The molecule has 3 fully saturated rings. The van der Waals surface area contributed by atoms with Gasteiger partial charge in [0.15, 0.2) is 0 Å². The number of benzene rings is 2. The molecule has 4 aromatic heterocycles. The van der Waals surface area contributed by atoms with Crippen LogP contribution in [0.4, 0.5) is 14.0 Å². The number of methoxy groups -OCH3 is 2. The number of aromatic amines is 2. The highest BCUT2D eigenvalue weighted by Gasteiger charge is 2.43. The van der Waals surface area contributed by atoms with Gasteiger partial charge in [-0.3, -0.25) is 14.2 Å². The van der Waals surface area contributed by atoms with Gasteiger partial charge < -0.3 is 49.3 Å². The number of amides is 4. The van der Waals surface area contributed by atoms with Crippen molar-refractivity contribution in [3.05, 3.63) is 88.6 Å². The number of likely N-dealkylation sites (tertiary alicyclic amines) is 2. The molecule has 6 aromatic rings. The third kappa shape index (κ3) is 10.7. The maximum atomic E-state index is 16.2. The number of carbonyl (C=O) groups excluding carboxylic acids is 4. The fourth-order valence-corrected chi connectivity index (χ4v) is 11.7. The first-order valence-electron chi connectivity index (χ1n) is 25.3. The largest absolute Gasteiger partial charge is 0.464 e. The maximum absolute atomic E-state index is 16.2. The van der Waals surface area contributed by atoms with E-state index in [1.54, 1.807) is 35.0 Å². The number of halogens is 1. The van der Waals surface area contributed by atoms with Gasteiger partial charge in [-0.05, 0) is 113 Å². The summed E-state index contributed by atoms with van der Waals surface area (Å²) in [6.07, 6.45) is 8.31. The number of alkyl carbamates (subject to hydrolysis) is 2. The Balaban J connectivity index is 0.000000352. The number of rotatable bonds is 11. The molecule has 17 nitrogen and oxygen atoms in total. The van der Waals surface area contributed by atoms with Crippen LogP contribution in [0.3, 0.4) is 0 Å². The van der Waals surface area contributed by atoms with Crippen LogP contribution in [-0.4, -0.2) is 116 Å². The van der Waals surface area contributed by atoms with Gasteiger partial charge in [0.05, 0.1) is 77.6 Å². The number of H-pyrrole nitrogens is 2. The lowest BCUT2D eigenvalue weighted by Gasteiger charge is -2.40. The zero-order chi connectivity index (χ0) is 51.7. The minimum atomic E-state index is -0.745. The van der Waals surface area contributed by atoms with E-state index in [2.05, 4.69) is 66.9 Å². The number of carbonyl (C=O) groups is 4. The highest BCUT2D eigenvalue weighted by atomic mass is 32.1. The molecule has 0 bridgehead atoms. The summed E-state index contributed by atoms with van der Waals surface area (Å²) in [5.74, 6) is 0.952. The Morgan fingerprint density at radius 2 is 1.64 bits per heavy atom. The normalized spacial score (nSPS) is 19.9. The molecule has 10 rings (SSSR count). The number of nitrogens with one attached hydrogen (secondary N) is 4. The van der Waals surface area contributed by atoms with Gasteiger partial charge in [-0.15, -0.1) is 11.3 Å². The Labute approximate surface area is 428 Å². The van der Waals surface area contributed by atoms with Crippen LogP contribution in [0.2, 0.25) is 0 Å². The number of imidazole rings is 2. The summed E-state index contributed by atoms with van der Waals surface area (Å²) >= 11 is 1.70. The monoisotopic (exact) mass is 1020 g/mol. The molecule has 5 atom stereocenters. The van der Waals surface area contributed by atoms with Crippen molar-refractivity contribution in [2.45, 2.75) is 116 Å². The summed E-state index contributed by atoms with van der Waals surface area (Å²) in [6, 6.07) is 14.3. The third-order valence-corrected chi connectivity index (χ3v) is 15.8. The number of aromatic nitrogens is 5. The van der Waals surface area contributed by atoms with Crippen LogP contribution in [-0.2, 0) is 23.8 Å². The molecule has 388 valence electrons. The number of nitrogens with zero attached hydrogens (tertiary/aromatic N) is 5. The van der Waals surface area contributed by atoms with Crippen molar-refractivity contribution in [1.82, 2.24) is 44.9 Å². The smallest absolute Gasteiger partial charge is 0.407 e. The summed E-state index contributed by atoms with van der Waals surface area (Å²) in [5, 5.41) is 6.37. The van der Waals surface area contributed by atoms with Crippen LogP contribution < -0.4 is 15.4 Å². The average molecular weight is 1020 g/mol. The molecule has 19 heteroatoms. The minimum absolute atomic E-state index is 0.00194. The quantitative estimate of drug-likeness (QED) is 0.0969. The van der Waals surface area contributed by atoms with Gasteiger partial charge in [-0.25, -0.2) is 23.9 Å². The van der Waals surface area contributed by atoms with Crippen molar-refractivity contribution in [2.24, 2.45) is 11.8 Å². The number of hydrogen-bond acceptors (Lipinski definition) is 11. The van der Waals surface area contributed by atoms with E-state index < -0.39 is 36.1 Å². The third-order valence-electron chi connectivity index (χ3n) is 14.4. The average Bonchev–Trinajstić information content (AvgIpc) is 4.24. The van der Waals surface area contributed by atoms with Gasteiger partial charge >= 0.3 is 12.2 Å². The van der Waals surface area contributed by atoms with Crippen LogP contribution in [0.5, 0.6) is 5.75 Å². The van der Waals surface area contributed by atoms with E-state index in [1.807, 2.05) is 56.9 Å². The number of fused-ring (bicyclic) bond motifs is 5. The number of thiophene rings is 1. The first-order valence-corrected chi connectivity index (χ1v) is 26.1. The predicted molar refractivity (Wildman–Crippen MR) is 275 cm³/mol. The first kappa shape index (κ1) is 51.2. The molecule has 0 spiro atoms. The summed E-state index contributed by atoms with van der Waals surface area (Å²) in [6.45, 7) is 14.9. The summed E-state index contributed by atoms with van der Waals surface area (Å²) in [7, 11) is 2.61. The Morgan fingerprint density at radius 1 is 0.877 bits per heavy atom. The van der Waals surface area contributed by atoms with Crippen molar-refractivity contribution in [3.63, 3.8) is 0 Å². The van der Waals surface area contributed by atoms with Crippen LogP contribution in [0.25, 0.3) is 44.7 Å². The van der Waals surface area contributed by atoms with Crippen molar-refractivity contribution in [1.29, 1.82) is 0 Å². The summed E-state index contributed by atoms with van der Waals surface area (Å²) in [5.41, 5.74) is 4.71. The Morgan fingerprint density at radius 3 is 2.33 bits per heavy atom. The molecule has 8 heterocycles. The minimum Gasteiger partial charge on any atom is -0.464 e. The highest BCUT2D eigenvalue weighted by Crippen LogP contribution is 2.48. The van der Waals surface area contributed by atoms with Crippen LogP contribution in [0.1, 0.15) is 114 Å². The lowest BCUT2D eigenvalue weighted by molar-refractivity contribution is -0.139. The molecule has 73 heavy (non-hydrogen) atoms. The van der Waals surface area contributed by atoms with E-state index in [-0.39, 0.29) is 35.5 Å². The van der Waals surface area contributed by atoms with E-state index >= 15 is 4.39 Å². The van der Waals surface area contributed by atoms with E-state index in [0.717, 1.165) is 71.5 Å². The molecule has 4 aliphatic heterocycles. The second-order valence-corrected chi connectivity index (χ2v) is 21.7. The summed E-state index contributed by atoms with van der Waals surface area (Å²) in [4.78, 5) is 71.5. The van der Waals surface area contributed by atoms with Crippen molar-refractivity contribution in [2.75, 3.05) is 40.5 Å². The van der Waals surface area contributed by atoms with Crippen molar-refractivity contribution < 1.29 is 42.5 Å². The lowest BCUT2D eigenvalue weighted by atomic mass is 9.82. The van der Waals surface area contributed by atoms with Crippen LogP contribution in [0, 0.1) is 17.7 Å². The second kappa shape index (κ2) is 21.4. The topological polar surface area (TPSA) is 198 Å². The van der Waals surface area contributed by atoms with E-state index in [0.29, 0.717) is 60.3 Å². The fraction of sp³-hybridized carbons (Fsp3) is 0.481. The van der Waals surface area contributed by atoms with Gasteiger partial charge in [-0.2, -0.15) is 0 Å². The van der Waals surface area contributed by atoms with E-state index in [1.165, 1.54) is 25.2 Å². The molecule has 3 saturated heterocycles. The van der Waals surface area contributed by atoms with Crippen LogP contribution >= 0.6 is 11.3 Å². The van der Waals surface area contributed by atoms with Crippen molar-refractivity contribution >= 4 is 46.2 Å². The molecule has 0 aliphatic carbocycles. The Kier molecular flexibility index (Phi) is 15.0. The van der Waals surface area contributed by atoms with Crippen molar-refractivity contribution in [3.8, 4) is 39.5 Å². The fourth-order valence-electron chi connectivity index (χ4n) is 10.6. The standard InChI is InChI=1S/C43H46FN7O5S.C11H20N2O3/c1-23(2)35-10-11-36(57-35)41-51-31-9-8-24(15-27(31)17-33(51)37-28(44)16-26(18-34(37)56-41)29-20-45-22-47-29)30-21-46-39(48-30)32-7-6-13-50(32)40(52)38(49-42(53)54-5)25-12-14-55-43(3,4)19-25;1-8(2)9(12-11(15)16-3)10(14)13-6-4-5-7-13/h8-11,15-18,20-23,25,32,38,41H,6-7,12-14,19H2,1-5H3,(H,45,47)(H,46,48)(H,49,53);8-9H,4-7H2,1-3H3,(H,12,15). The SMILES string of the molecule is COC(=O)NC(C(=O)N1CCCC1)C(C)C.COC(=O)NC(C(=O)N1CCCC1c1ncc(-c2ccc3c(c2)cc2n3C(c3ccc(C(C)C)s3)Oc3cc(-c4cnc[nH]4)cc(F)c3-2)[nH]1)C1CCOC(C)(C)C1. The molecular formula is C54H66FN9O8S. The zero-order valence-corrected chi connectivity index (χ0v) is 43.6. The maximum Gasteiger partial charge on any atom is 0.407 e. The molecule has 5 unspecified atom stereocenters. The molecular weight excluding hydrogens is 954 g/mol. The van der Waals surface area contributed by atoms with E-state index in [4.69, 9.17) is 19.2 Å². The lowest BCUT2D eigenvalue weighted by Crippen LogP contribution is -2.54. The van der Waals surface area contributed by atoms with Gasteiger partial charge in [-0.1, -0.05) is 33.8 Å². The van der Waals surface area contributed by atoms with Gasteiger partial charge in [0.1, 0.15) is 29.5 Å². The molecule has 0 radical (unpaired) electrons. The predicted octanol–water partition coefficient (Wildman–Crippen LogP) is 9.93. The zero-order valence-electron chi connectivity index (χ0n) is 42.8. The summed E-state index contributed by atoms with van der Waals surface area (Å²) < 4.78 is 40.4. The molecule has 0 saturated carbocycles. The second-order valence-electron chi connectivity index (χ2n) is 20.6. The number of ether oxygens (including phenoxy) is 4. The first-order chi connectivity index (χ1) is 35.0. The molecule has 2 aromatic carbocycles. The number of hydrogen-bond donors (Lipinski definition) is 4. The molecule has 4 amide bonds. The Hall–Kier alpha value is -6.73. The van der Waals surface area contributed by atoms with Gasteiger partial charge in [0.2, 0.25) is 18.0 Å². The highest BCUT2D eigenvalue weighted by molar-refractivity contribution is 7.12.